The number of hydrogen-bond donors (Lipinski definition) is 2. The van der Waals surface area contributed by atoms with Crippen molar-refractivity contribution in [2.75, 3.05) is 23.7 Å². The van der Waals surface area contributed by atoms with E-state index in [1.165, 1.54) is 6.07 Å². The van der Waals surface area contributed by atoms with Gasteiger partial charge in [0.15, 0.2) is 0 Å². The molecule has 0 radical (unpaired) electrons. The molecule has 6 nitrogen and oxygen atoms in total. The largest absolute Gasteiger partial charge is 0.399 e. The van der Waals surface area contributed by atoms with E-state index >= 15 is 0 Å². The number of nitrogens with two attached hydrogens (primary N) is 2. The molecule has 1 aromatic carbocycles. The normalized spacial score (nSPS) is 20.3. The first-order chi connectivity index (χ1) is 8.08. The number of nitro benzene ring substituents is 1. The molecule has 2 rings (SSSR count). The molecule has 4 N–H and O–H groups in total. The Labute approximate surface area is 99.3 Å². The molecule has 1 atom stereocenters. The van der Waals surface area contributed by atoms with Crippen LogP contribution in [-0.4, -0.2) is 24.1 Å². The average molecular weight is 236 g/mol. The molecule has 1 aromatic rings. The Hall–Kier alpha value is -1.82. The second kappa shape index (κ2) is 4.58. The molecule has 0 saturated carbocycles. The average Bonchev–Trinajstić information content (AvgIpc) is 2.28. The van der Waals surface area contributed by atoms with Crippen LogP contribution in [0.2, 0.25) is 0 Å². The minimum absolute atomic E-state index is 0.0547. The molecule has 0 spiro atoms. The van der Waals surface area contributed by atoms with E-state index in [0.717, 1.165) is 19.4 Å². The van der Waals surface area contributed by atoms with Crippen LogP contribution < -0.4 is 16.4 Å². The number of rotatable bonds is 2. The number of nitro groups is 1. The first-order valence-electron chi connectivity index (χ1n) is 5.62. The molecule has 92 valence electrons. The number of anilines is 2. The maximum Gasteiger partial charge on any atom is 0.294 e. The summed E-state index contributed by atoms with van der Waals surface area (Å²) in [7, 11) is 0. The molecule has 1 heterocycles. The number of hydrogen-bond acceptors (Lipinski definition) is 5. The second-order valence-corrected chi connectivity index (χ2v) is 4.35. The van der Waals surface area contributed by atoms with Crippen LogP contribution in [0.15, 0.2) is 18.2 Å². The van der Waals surface area contributed by atoms with Crippen LogP contribution in [0.5, 0.6) is 0 Å². The number of piperidine rings is 1. The van der Waals surface area contributed by atoms with Crippen molar-refractivity contribution < 1.29 is 4.92 Å². The van der Waals surface area contributed by atoms with Crippen molar-refractivity contribution in [3.63, 3.8) is 0 Å². The van der Waals surface area contributed by atoms with Gasteiger partial charge in [0.2, 0.25) is 0 Å². The minimum Gasteiger partial charge on any atom is -0.399 e. The van der Waals surface area contributed by atoms with Gasteiger partial charge in [0.05, 0.1) is 4.92 Å². The van der Waals surface area contributed by atoms with Crippen molar-refractivity contribution in [2.45, 2.75) is 18.9 Å². The monoisotopic (exact) mass is 236 g/mol. The Kier molecular flexibility index (Phi) is 3.14. The van der Waals surface area contributed by atoms with Gasteiger partial charge in [-0.15, -0.1) is 0 Å². The molecule has 6 heteroatoms. The summed E-state index contributed by atoms with van der Waals surface area (Å²) in [5, 5.41) is 11.0. The zero-order valence-corrected chi connectivity index (χ0v) is 9.50. The molecule has 1 aliphatic rings. The van der Waals surface area contributed by atoms with Gasteiger partial charge in [-0.25, -0.2) is 0 Å². The zero-order valence-electron chi connectivity index (χ0n) is 9.50. The van der Waals surface area contributed by atoms with E-state index in [0.29, 0.717) is 17.9 Å². The van der Waals surface area contributed by atoms with Gasteiger partial charge in [-0.3, -0.25) is 10.1 Å². The van der Waals surface area contributed by atoms with Crippen molar-refractivity contribution in [3.05, 3.63) is 28.3 Å². The second-order valence-electron chi connectivity index (χ2n) is 4.35. The van der Waals surface area contributed by atoms with Crippen molar-refractivity contribution in [3.8, 4) is 0 Å². The first-order valence-corrected chi connectivity index (χ1v) is 5.62. The van der Waals surface area contributed by atoms with Crippen LogP contribution in [0, 0.1) is 10.1 Å². The molecular formula is C11H16N4O2. The zero-order chi connectivity index (χ0) is 12.4. The maximum absolute atomic E-state index is 11.0. The summed E-state index contributed by atoms with van der Waals surface area (Å²) >= 11 is 0. The fraction of sp³-hybridized carbons (Fsp3) is 0.455. The van der Waals surface area contributed by atoms with Crippen molar-refractivity contribution >= 4 is 17.1 Å². The highest BCUT2D eigenvalue weighted by Gasteiger charge is 2.23. The van der Waals surface area contributed by atoms with Gasteiger partial charge in [0.25, 0.3) is 5.69 Å². The first kappa shape index (κ1) is 11.7. The van der Waals surface area contributed by atoms with Gasteiger partial charge in [-0.05, 0) is 25.0 Å². The van der Waals surface area contributed by atoms with E-state index < -0.39 is 4.92 Å². The van der Waals surface area contributed by atoms with Crippen LogP contribution in [0.4, 0.5) is 17.1 Å². The van der Waals surface area contributed by atoms with Crippen LogP contribution in [0.1, 0.15) is 12.8 Å². The molecule has 0 bridgehead atoms. The summed E-state index contributed by atoms with van der Waals surface area (Å²) in [4.78, 5) is 12.6. The van der Waals surface area contributed by atoms with Gasteiger partial charge in [0, 0.05) is 30.9 Å². The molecule has 0 unspecified atom stereocenters. The number of benzene rings is 1. The quantitative estimate of drug-likeness (QED) is 0.455. The van der Waals surface area contributed by atoms with Crippen LogP contribution >= 0.6 is 0 Å². The highest BCUT2D eigenvalue weighted by molar-refractivity contribution is 5.68. The lowest BCUT2D eigenvalue weighted by Crippen LogP contribution is -2.43. The predicted octanol–water partition coefficient (Wildman–Crippen LogP) is 1.10. The SMILES string of the molecule is Nc1ccc(N2CCC[C@@H](N)C2)c([N+](=O)[O-])c1. The Balaban J connectivity index is 2.33. The Morgan fingerprint density at radius 1 is 1.47 bits per heavy atom. The highest BCUT2D eigenvalue weighted by atomic mass is 16.6. The standard InChI is InChI=1S/C11H16N4O2/c12-8-3-4-10(11(6-8)15(16)17)14-5-1-2-9(13)7-14/h3-4,6,9H,1-2,5,7,12-13H2/t9-/m1/s1. The minimum atomic E-state index is -0.397. The molecule has 17 heavy (non-hydrogen) atoms. The summed E-state index contributed by atoms with van der Waals surface area (Å²) in [6, 6.07) is 4.87. The predicted molar refractivity (Wildman–Crippen MR) is 66.9 cm³/mol. The molecule has 0 amide bonds. The Morgan fingerprint density at radius 2 is 2.24 bits per heavy atom. The van der Waals surface area contributed by atoms with Crippen molar-refractivity contribution in [2.24, 2.45) is 5.73 Å². The molecule has 1 aliphatic heterocycles. The fourth-order valence-corrected chi connectivity index (χ4v) is 2.18. The number of nitrogens with zero attached hydrogens (tertiary/aromatic N) is 2. The Morgan fingerprint density at radius 3 is 2.88 bits per heavy atom. The highest BCUT2D eigenvalue weighted by Crippen LogP contribution is 2.31. The molecular weight excluding hydrogens is 220 g/mol. The lowest BCUT2D eigenvalue weighted by molar-refractivity contribution is -0.384. The number of nitrogen functional groups attached to an aromatic ring is 1. The van der Waals surface area contributed by atoms with Gasteiger partial charge < -0.3 is 16.4 Å². The molecule has 0 aromatic heterocycles. The molecule has 0 aliphatic carbocycles. The smallest absolute Gasteiger partial charge is 0.294 e. The summed E-state index contributed by atoms with van der Waals surface area (Å²) in [6.07, 6.45) is 1.93. The van der Waals surface area contributed by atoms with Crippen LogP contribution in [-0.2, 0) is 0 Å². The lowest BCUT2D eigenvalue weighted by atomic mass is 10.1. The van der Waals surface area contributed by atoms with E-state index in [-0.39, 0.29) is 11.7 Å². The van der Waals surface area contributed by atoms with Gasteiger partial charge >= 0.3 is 0 Å². The lowest BCUT2D eigenvalue weighted by Gasteiger charge is -2.32. The molecule has 1 fully saturated rings. The van der Waals surface area contributed by atoms with E-state index in [1.807, 2.05) is 4.90 Å². The van der Waals surface area contributed by atoms with Crippen LogP contribution in [0.25, 0.3) is 0 Å². The van der Waals surface area contributed by atoms with Gasteiger partial charge in [0.1, 0.15) is 5.69 Å². The van der Waals surface area contributed by atoms with Crippen LogP contribution in [0.3, 0.4) is 0 Å². The third-order valence-electron chi connectivity index (χ3n) is 2.99. The topological polar surface area (TPSA) is 98.4 Å². The van der Waals surface area contributed by atoms with E-state index in [9.17, 15) is 10.1 Å². The van der Waals surface area contributed by atoms with Crippen molar-refractivity contribution in [1.82, 2.24) is 0 Å². The summed E-state index contributed by atoms with van der Waals surface area (Å²) < 4.78 is 0. The molecule has 1 saturated heterocycles. The van der Waals surface area contributed by atoms with E-state index in [2.05, 4.69) is 0 Å². The van der Waals surface area contributed by atoms with E-state index in [1.54, 1.807) is 12.1 Å². The third-order valence-corrected chi connectivity index (χ3v) is 2.99. The summed E-state index contributed by atoms with van der Waals surface area (Å²) in [5.74, 6) is 0. The van der Waals surface area contributed by atoms with E-state index in [4.69, 9.17) is 11.5 Å². The Bertz CT molecular complexity index is 435. The maximum atomic E-state index is 11.0. The summed E-state index contributed by atoms with van der Waals surface area (Å²) in [6.45, 7) is 1.46. The summed E-state index contributed by atoms with van der Waals surface area (Å²) in [5.41, 5.74) is 12.5. The fourth-order valence-electron chi connectivity index (χ4n) is 2.18. The third kappa shape index (κ3) is 2.47. The van der Waals surface area contributed by atoms with Crippen molar-refractivity contribution in [1.29, 1.82) is 0 Å². The van der Waals surface area contributed by atoms with Gasteiger partial charge in [-0.2, -0.15) is 0 Å². The van der Waals surface area contributed by atoms with Gasteiger partial charge in [-0.1, -0.05) is 0 Å².